The number of allylic oxidation sites excluding steroid dienone is 1. The molecule has 3 aromatic rings. The number of hydrogen-bond donors (Lipinski definition) is 0. The monoisotopic (exact) mass is 610 g/mol. The average Bonchev–Trinajstić information content (AvgIpc) is 3.34. The number of furan rings is 1. The van der Waals surface area contributed by atoms with E-state index in [1.807, 2.05) is 64.1 Å². The molecule has 2 aromatic carbocycles. The lowest BCUT2D eigenvalue weighted by Gasteiger charge is -2.44. The summed E-state index contributed by atoms with van der Waals surface area (Å²) in [5.41, 5.74) is 0.709. The van der Waals surface area contributed by atoms with Crippen LogP contribution in [0.5, 0.6) is 0 Å². The maximum atomic E-state index is 13.7. The Morgan fingerprint density at radius 3 is 2.07 bits per heavy atom. The quantitative estimate of drug-likeness (QED) is 0.128. The van der Waals surface area contributed by atoms with Crippen molar-refractivity contribution in [2.75, 3.05) is 0 Å². The van der Waals surface area contributed by atoms with Crippen molar-refractivity contribution in [3.63, 3.8) is 0 Å². The molecule has 2 bridgehead atoms. The molecule has 232 valence electrons. The Labute approximate surface area is 264 Å². The molecule has 0 aliphatic carbocycles. The molecule has 0 spiro atoms. The maximum absolute atomic E-state index is 13.7. The molecule has 1 unspecified atom stereocenters. The fourth-order valence-electron chi connectivity index (χ4n) is 5.91. The number of hydrogen-bond acceptors (Lipinski definition) is 5. The highest BCUT2D eigenvalue weighted by Crippen LogP contribution is 2.38. The van der Waals surface area contributed by atoms with Gasteiger partial charge in [0.15, 0.2) is 0 Å². The molecule has 0 N–H and O–H groups in total. The van der Waals surface area contributed by atoms with Crippen LogP contribution < -0.4 is 10.4 Å². The minimum atomic E-state index is -2.95. The average molecular weight is 611 g/mol. The summed E-state index contributed by atoms with van der Waals surface area (Å²) in [5, 5.41) is 2.01. The molecule has 0 amide bonds. The Morgan fingerprint density at radius 1 is 0.955 bits per heavy atom. The first-order valence-corrected chi connectivity index (χ1v) is 17.4. The summed E-state index contributed by atoms with van der Waals surface area (Å²) in [7, 11) is -2.95. The number of carbonyl (C=O) groups is 2. The standard InChI is InChI=1S/C38H46O5Si/c1-27(2)28-17-15-16-18-30(24-29(39)25-31-26-34(35(23-28)41-31)36(40)42-37(3,4)5)43-44(38(6,7)8,32-19-11-9-12-20-32)33-21-13-10-14-22-33/h9-14,19-22,26,28,30H,1,15,17,23-25H2,2-8H3/t28-,30?/m0/s1. The van der Waals surface area contributed by atoms with Crippen molar-refractivity contribution < 1.29 is 23.2 Å². The van der Waals surface area contributed by atoms with Crippen molar-refractivity contribution in [1.82, 2.24) is 0 Å². The van der Waals surface area contributed by atoms with E-state index in [1.165, 1.54) is 0 Å². The number of carbonyl (C=O) groups excluding carboxylic acids is 2. The number of esters is 1. The van der Waals surface area contributed by atoms with E-state index in [2.05, 4.69) is 63.5 Å². The van der Waals surface area contributed by atoms with Crippen molar-refractivity contribution in [3.05, 3.63) is 96.0 Å². The van der Waals surface area contributed by atoms with Crippen LogP contribution in [0.25, 0.3) is 0 Å². The first-order valence-electron chi connectivity index (χ1n) is 15.5. The molecule has 0 saturated heterocycles. The van der Waals surface area contributed by atoms with Crippen LogP contribution in [-0.4, -0.2) is 31.8 Å². The van der Waals surface area contributed by atoms with Crippen molar-refractivity contribution >= 4 is 30.4 Å². The van der Waals surface area contributed by atoms with Crippen LogP contribution in [0.4, 0.5) is 0 Å². The fourth-order valence-corrected chi connectivity index (χ4v) is 10.5. The lowest BCUT2D eigenvalue weighted by Crippen LogP contribution is -2.67. The van der Waals surface area contributed by atoms with Crippen LogP contribution in [0.1, 0.15) is 89.6 Å². The van der Waals surface area contributed by atoms with E-state index in [-0.39, 0.29) is 29.6 Å². The van der Waals surface area contributed by atoms with Gasteiger partial charge in [-0.25, -0.2) is 4.79 Å². The van der Waals surface area contributed by atoms with Crippen molar-refractivity contribution in [2.24, 2.45) is 5.92 Å². The molecule has 1 aliphatic heterocycles. The van der Waals surface area contributed by atoms with Gasteiger partial charge in [-0.2, -0.15) is 0 Å². The normalized spacial score (nSPS) is 18.2. The second-order valence-corrected chi connectivity index (χ2v) is 18.1. The van der Waals surface area contributed by atoms with Crippen LogP contribution in [0, 0.1) is 17.8 Å². The van der Waals surface area contributed by atoms with Crippen molar-refractivity contribution in [1.29, 1.82) is 0 Å². The number of ketones is 1. The molecular weight excluding hydrogens is 564 g/mol. The van der Waals surface area contributed by atoms with Gasteiger partial charge in [0.2, 0.25) is 0 Å². The molecule has 44 heavy (non-hydrogen) atoms. The highest BCUT2D eigenvalue weighted by molar-refractivity contribution is 6.99. The minimum absolute atomic E-state index is 0.0375. The first kappa shape index (κ1) is 33.2. The Hall–Kier alpha value is -3.66. The third kappa shape index (κ3) is 7.88. The van der Waals surface area contributed by atoms with Crippen molar-refractivity contribution in [3.8, 4) is 11.8 Å². The molecule has 1 aromatic heterocycles. The lowest BCUT2D eigenvalue weighted by molar-refractivity contribution is -0.119. The van der Waals surface area contributed by atoms with Crippen molar-refractivity contribution in [2.45, 2.75) is 97.3 Å². The second kappa shape index (κ2) is 13.5. The Bertz CT molecular complexity index is 1490. The summed E-state index contributed by atoms with van der Waals surface area (Å²) >= 11 is 0. The van der Waals surface area contributed by atoms with Gasteiger partial charge in [-0.3, -0.25) is 4.79 Å². The SMILES string of the molecule is C=C(C)[C@H]1CCC#CC(O[Si](c2ccccc2)(c2ccccc2)C(C)(C)C)CC(=O)Cc2cc(C(=O)OC(C)(C)C)c(o2)C1. The minimum Gasteiger partial charge on any atom is -0.465 e. The van der Waals surface area contributed by atoms with E-state index in [0.717, 1.165) is 22.4 Å². The Kier molecular flexibility index (Phi) is 10.2. The Balaban J connectivity index is 1.76. The third-order valence-electron chi connectivity index (χ3n) is 8.01. The van der Waals surface area contributed by atoms with Gasteiger partial charge in [0.25, 0.3) is 8.32 Å². The molecule has 0 fully saturated rings. The fraction of sp³-hybridized carbons (Fsp3) is 0.421. The largest absolute Gasteiger partial charge is 0.465 e. The topological polar surface area (TPSA) is 65.7 Å². The van der Waals surface area contributed by atoms with E-state index in [0.29, 0.717) is 29.9 Å². The predicted octanol–water partition coefficient (Wildman–Crippen LogP) is 7.21. The second-order valence-electron chi connectivity index (χ2n) is 13.8. The number of ether oxygens (including phenoxy) is 1. The summed E-state index contributed by atoms with van der Waals surface area (Å²) < 4.78 is 19.2. The summed E-state index contributed by atoms with van der Waals surface area (Å²) in [6.45, 7) is 18.4. The predicted molar refractivity (Wildman–Crippen MR) is 179 cm³/mol. The Morgan fingerprint density at radius 2 is 1.55 bits per heavy atom. The maximum Gasteiger partial charge on any atom is 0.342 e. The molecular formula is C38H46O5Si. The molecule has 2 heterocycles. The molecule has 6 heteroatoms. The van der Waals surface area contributed by atoms with Crippen LogP contribution in [0.15, 0.2) is 83.3 Å². The van der Waals surface area contributed by atoms with Gasteiger partial charge in [0.1, 0.15) is 34.6 Å². The van der Waals surface area contributed by atoms with Crippen LogP contribution >= 0.6 is 0 Å². The number of fused-ring (bicyclic) bond motifs is 2. The zero-order valence-corrected chi connectivity index (χ0v) is 28.3. The number of Topliss-reactive ketones (excluding diaryl/α,β-unsaturated/α-hetero) is 1. The zero-order chi connectivity index (χ0) is 32.1. The van der Waals surface area contributed by atoms with E-state index >= 15 is 0 Å². The highest BCUT2D eigenvalue weighted by atomic mass is 28.4. The number of benzene rings is 2. The summed E-state index contributed by atoms with van der Waals surface area (Å²) in [6, 6.07) is 22.4. The summed E-state index contributed by atoms with van der Waals surface area (Å²) in [4.78, 5) is 26.8. The van der Waals surface area contributed by atoms with Gasteiger partial charge in [-0.15, -0.1) is 5.92 Å². The van der Waals surface area contributed by atoms with E-state index in [9.17, 15) is 9.59 Å². The van der Waals surface area contributed by atoms with Gasteiger partial charge < -0.3 is 13.6 Å². The summed E-state index contributed by atoms with van der Waals surface area (Å²) in [5.74, 6) is 7.25. The molecule has 0 saturated carbocycles. The first-order chi connectivity index (χ1) is 20.7. The number of rotatable bonds is 6. The molecule has 0 radical (unpaired) electrons. The lowest BCUT2D eigenvalue weighted by atomic mass is 9.91. The van der Waals surface area contributed by atoms with E-state index < -0.39 is 26.0 Å². The van der Waals surface area contributed by atoms with Gasteiger partial charge in [0.05, 0.1) is 6.42 Å². The molecule has 4 rings (SSSR count). The van der Waals surface area contributed by atoms with Gasteiger partial charge >= 0.3 is 5.97 Å². The third-order valence-corrected chi connectivity index (χ3v) is 13.1. The van der Waals surface area contributed by atoms with E-state index in [1.54, 1.807) is 6.07 Å². The van der Waals surface area contributed by atoms with Gasteiger partial charge in [-0.05, 0) is 61.5 Å². The zero-order valence-electron chi connectivity index (χ0n) is 27.3. The highest BCUT2D eigenvalue weighted by Gasteiger charge is 2.51. The van der Waals surface area contributed by atoms with E-state index in [4.69, 9.17) is 13.6 Å². The van der Waals surface area contributed by atoms with Crippen LogP contribution in [0.2, 0.25) is 5.04 Å². The molecule has 5 nitrogen and oxygen atoms in total. The molecule has 2 atom stereocenters. The smallest absolute Gasteiger partial charge is 0.342 e. The van der Waals surface area contributed by atoms with Gasteiger partial charge in [0, 0.05) is 19.3 Å². The van der Waals surface area contributed by atoms with Crippen LogP contribution in [0.3, 0.4) is 0 Å². The molecule has 1 aliphatic rings. The van der Waals surface area contributed by atoms with Crippen LogP contribution in [-0.2, 0) is 26.8 Å². The summed E-state index contributed by atoms with van der Waals surface area (Å²) in [6.07, 6.45) is 1.36. The van der Waals surface area contributed by atoms with Gasteiger partial charge in [-0.1, -0.05) is 99.5 Å².